The van der Waals surface area contributed by atoms with E-state index in [2.05, 4.69) is 40.7 Å². The quantitative estimate of drug-likeness (QED) is 0.340. The van der Waals surface area contributed by atoms with Gasteiger partial charge in [0.05, 0.1) is 31.3 Å². The van der Waals surface area contributed by atoms with Crippen LogP contribution in [0.4, 0.5) is 0 Å². The molecule has 7 nitrogen and oxygen atoms in total. The first-order chi connectivity index (χ1) is 18.6. The maximum absolute atomic E-state index is 13.5. The fourth-order valence-corrected chi connectivity index (χ4v) is 11.6. The molecule has 3 N–H and O–H groups in total. The second kappa shape index (κ2) is 9.54. The van der Waals surface area contributed by atoms with E-state index in [-0.39, 0.29) is 41.2 Å². The van der Waals surface area contributed by atoms with Crippen molar-refractivity contribution in [3.05, 3.63) is 11.6 Å². The lowest BCUT2D eigenvalue weighted by molar-refractivity contribution is -0.276. The maximum atomic E-state index is 13.5. The van der Waals surface area contributed by atoms with Crippen molar-refractivity contribution in [2.24, 2.45) is 56.7 Å². The third-order valence-corrected chi connectivity index (χ3v) is 13.9. The summed E-state index contributed by atoms with van der Waals surface area (Å²) in [4.78, 5) is 25.6. The van der Waals surface area contributed by atoms with Gasteiger partial charge in [-0.2, -0.15) is 0 Å². The summed E-state index contributed by atoms with van der Waals surface area (Å²) in [5.41, 5.74) is -1.16. The largest absolute Gasteiger partial charge is 0.469 e. The SMILES string of the molecule is COC(=O)[C@]12CC[C@@H](C)[C@H](C)[C@H]1C1=CC[C@@H]3[C@@]4(C)C[C@@H](OC(C)=O)[C@H](O)[C@@](C)(CO)[C@@H]4[C@H](O)C[C@@]3(C)[C@]1(C)CC2. The Bertz CT molecular complexity index is 1090. The molecule has 4 fully saturated rings. The predicted molar refractivity (Wildman–Crippen MR) is 151 cm³/mol. The summed E-state index contributed by atoms with van der Waals surface area (Å²) >= 11 is 0. The van der Waals surface area contributed by atoms with Crippen molar-refractivity contribution in [2.45, 2.75) is 112 Å². The molecule has 5 aliphatic carbocycles. The molecule has 0 aromatic heterocycles. The number of carbonyl (C=O) groups is 2. The Morgan fingerprint density at radius 1 is 1.05 bits per heavy atom. The minimum atomic E-state index is -1.07. The van der Waals surface area contributed by atoms with E-state index in [1.807, 2.05) is 6.92 Å². The Kier molecular flexibility index (Phi) is 7.16. The van der Waals surface area contributed by atoms with Crippen molar-refractivity contribution in [1.82, 2.24) is 0 Å². The average molecular weight is 561 g/mol. The molecule has 0 amide bonds. The Labute approximate surface area is 240 Å². The van der Waals surface area contributed by atoms with E-state index in [1.165, 1.54) is 19.6 Å². The summed E-state index contributed by atoms with van der Waals surface area (Å²) in [5.74, 6) is 0.209. The Hall–Kier alpha value is -1.44. The van der Waals surface area contributed by atoms with Gasteiger partial charge in [0.15, 0.2) is 0 Å². The number of hydrogen-bond donors (Lipinski definition) is 3. The zero-order valence-corrected chi connectivity index (χ0v) is 25.8. The molecule has 0 radical (unpaired) electrons. The topological polar surface area (TPSA) is 113 Å². The third-order valence-electron chi connectivity index (χ3n) is 13.9. The van der Waals surface area contributed by atoms with Crippen molar-refractivity contribution in [3.8, 4) is 0 Å². The molecule has 7 heteroatoms. The molecule has 0 unspecified atom stereocenters. The van der Waals surface area contributed by atoms with Crippen LogP contribution >= 0.6 is 0 Å². The molecule has 40 heavy (non-hydrogen) atoms. The molecule has 0 aliphatic heterocycles. The zero-order chi connectivity index (χ0) is 29.6. The van der Waals surface area contributed by atoms with Gasteiger partial charge in [-0.1, -0.05) is 53.2 Å². The first kappa shape index (κ1) is 30.0. The number of esters is 2. The van der Waals surface area contributed by atoms with Gasteiger partial charge >= 0.3 is 11.9 Å². The number of fused-ring (bicyclic) bond motifs is 7. The van der Waals surface area contributed by atoms with Crippen molar-refractivity contribution in [1.29, 1.82) is 0 Å². The van der Waals surface area contributed by atoms with Crippen LogP contribution in [-0.4, -0.2) is 59.3 Å². The lowest BCUT2D eigenvalue weighted by atomic mass is 9.32. The minimum Gasteiger partial charge on any atom is -0.469 e. The summed E-state index contributed by atoms with van der Waals surface area (Å²) in [6, 6.07) is 0. The molecule has 5 rings (SSSR count). The van der Waals surface area contributed by atoms with Gasteiger partial charge in [0.2, 0.25) is 0 Å². The van der Waals surface area contributed by atoms with Crippen LogP contribution in [0.1, 0.15) is 93.4 Å². The monoisotopic (exact) mass is 560 g/mol. The highest BCUT2D eigenvalue weighted by molar-refractivity contribution is 5.78. The normalized spacial score (nSPS) is 53.6. The van der Waals surface area contributed by atoms with E-state index in [4.69, 9.17) is 9.47 Å². The fourth-order valence-electron chi connectivity index (χ4n) is 11.6. The van der Waals surface area contributed by atoms with Gasteiger partial charge < -0.3 is 24.8 Å². The van der Waals surface area contributed by atoms with E-state index in [0.717, 1.165) is 32.1 Å². The number of hydrogen-bond acceptors (Lipinski definition) is 7. The zero-order valence-electron chi connectivity index (χ0n) is 25.8. The number of carbonyl (C=O) groups excluding carboxylic acids is 2. The smallest absolute Gasteiger partial charge is 0.312 e. The van der Waals surface area contributed by atoms with E-state index >= 15 is 0 Å². The van der Waals surface area contributed by atoms with Gasteiger partial charge in [-0.15, -0.1) is 0 Å². The highest BCUT2D eigenvalue weighted by atomic mass is 16.6. The van der Waals surface area contributed by atoms with E-state index in [0.29, 0.717) is 24.7 Å². The van der Waals surface area contributed by atoms with Crippen LogP contribution < -0.4 is 0 Å². The van der Waals surface area contributed by atoms with Crippen LogP contribution in [0.15, 0.2) is 11.6 Å². The molecule has 4 saturated carbocycles. The molecule has 226 valence electrons. The predicted octanol–water partition coefficient (Wildman–Crippen LogP) is 4.66. The number of rotatable bonds is 3. The van der Waals surface area contributed by atoms with Crippen LogP contribution in [0, 0.1) is 56.7 Å². The van der Waals surface area contributed by atoms with Crippen molar-refractivity contribution < 1.29 is 34.4 Å². The first-order valence-electron chi connectivity index (χ1n) is 15.5. The van der Waals surface area contributed by atoms with Crippen molar-refractivity contribution in [2.75, 3.05) is 13.7 Å². The summed E-state index contributed by atoms with van der Waals surface area (Å²) in [6.07, 6.45) is 5.16. The molecule has 0 saturated heterocycles. The van der Waals surface area contributed by atoms with Crippen LogP contribution in [-0.2, 0) is 19.1 Å². The van der Waals surface area contributed by atoms with Crippen LogP contribution in [0.5, 0.6) is 0 Å². The van der Waals surface area contributed by atoms with Gasteiger partial charge in [0.1, 0.15) is 6.10 Å². The lowest BCUT2D eigenvalue weighted by Crippen LogP contribution is -2.71. The summed E-state index contributed by atoms with van der Waals surface area (Å²) in [7, 11) is 1.52. The number of ether oxygens (including phenoxy) is 2. The highest BCUT2D eigenvalue weighted by Gasteiger charge is 2.73. The minimum absolute atomic E-state index is 0.0774. The lowest BCUT2D eigenvalue weighted by Gasteiger charge is -2.72. The Morgan fingerprint density at radius 3 is 2.33 bits per heavy atom. The average Bonchev–Trinajstić information content (AvgIpc) is 2.88. The second-order valence-corrected chi connectivity index (χ2v) is 15.4. The van der Waals surface area contributed by atoms with E-state index in [1.54, 1.807) is 0 Å². The molecule has 0 bridgehead atoms. The number of aliphatic hydroxyl groups excluding tert-OH is 3. The third kappa shape index (κ3) is 3.65. The molecular weight excluding hydrogens is 508 g/mol. The van der Waals surface area contributed by atoms with Crippen molar-refractivity contribution in [3.63, 3.8) is 0 Å². The molecule has 0 heterocycles. The standard InChI is InChI=1S/C33H52O7/c1-18-11-12-33(28(38)39-8)14-13-31(6)21(25(33)19(18)2)9-10-24-29(4)16-23(40-20(3)35)27(37)30(5,17-34)26(29)22(36)15-32(24,31)7/h9,18-19,22-27,34,36-37H,10-17H2,1-8H3/t18-,19+,22-,23-,24-,25+,26-,27+,29-,30+,31-,32-,33+/m1/s1. The molecule has 0 aromatic rings. The summed E-state index contributed by atoms with van der Waals surface area (Å²) in [5, 5.41) is 34.1. The second-order valence-electron chi connectivity index (χ2n) is 15.4. The van der Waals surface area contributed by atoms with Gasteiger partial charge in [0, 0.05) is 18.3 Å². The van der Waals surface area contributed by atoms with E-state index in [9.17, 15) is 24.9 Å². The van der Waals surface area contributed by atoms with Crippen molar-refractivity contribution >= 4 is 11.9 Å². The summed E-state index contributed by atoms with van der Waals surface area (Å²) < 4.78 is 11.2. The Morgan fingerprint density at radius 2 is 1.73 bits per heavy atom. The molecule has 5 aliphatic rings. The Balaban J connectivity index is 1.65. The highest BCUT2D eigenvalue weighted by Crippen LogP contribution is 2.76. The van der Waals surface area contributed by atoms with Gasteiger partial charge in [-0.3, -0.25) is 9.59 Å². The van der Waals surface area contributed by atoms with Crippen LogP contribution in [0.25, 0.3) is 0 Å². The van der Waals surface area contributed by atoms with E-state index < -0.39 is 40.5 Å². The fraction of sp³-hybridized carbons (Fsp3) is 0.879. The molecule has 13 atom stereocenters. The van der Waals surface area contributed by atoms with Crippen LogP contribution in [0.2, 0.25) is 0 Å². The first-order valence-corrected chi connectivity index (χ1v) is 15.5. The number of aliphatic hydroxyl groups is 3. The molecule has 0 aromatic carbocycles. The van der Waals surface area contributed by atoms with Gasteiger partial charge in [-0.05, 0) is 84.9 Å². The van der Waals surface area contributed by atoms with Gasteiger partial charge in [-0.25, -0.2) is 0 Å². The van der Waals surface area contributed by atoms with Gasteiger partial charge in [0.25, 0.3) is 0 Å². The van der Waals surface area contributed by atoms with Crippen LogP contribution in [0.3, 0.4) is 0 Å². The maximum Gasteiger partial charge on any atom is 0.312 e. The number of methoxy groups -OCH3 is 1. The summed E-state index contributed by atoms with van der Waals surface area (Å²) in [6.45, 7) is 14.4. The molecule has 0 spiro atoms. The number of allylic oxidation sites excluding steroid dienone is 2. The molecular formula is C33H52O7.